The Hall–Kier alpha value is -2.79. The van der Waals surface area contributed by atoms with Crippen LogP contribution >= 0.6 is 11.6 Å². The lowest BCUT2D eigenvalue weighted by Crippen LogP contribution is -2.43. The lowest BCUT2D eigenvalue weighted by Gasteiger charge is -2.43. The molecule has 0 bridgehead atoms. The van der Waals surface area contributed by atoms with E-state index in [1.165, 1.54) is 0 Å². The van der Waals surface area contributed by atoms with Gasteiger partial charge >= 0.3 is 0 Å². The quantitative estimate of drug-likeness (QED) is 0.523. The van der Waals surface area contributed by atoms with Gasteiger partial charge in [-0.25, -0.2) is 0 Å². The fraction of sp³-hybridized carbons (Fsp3) is 0.407. The van der Waals surface area contributed by atoms with E-state index in [0.717, 1.165) is 28.1 Å². The summed E-state index contributed by atoms with van der Waals surface area (Å²) in [6.07, 6.45) is 1.29. The first kappa shape index (κ1) is 23.4. The molecule has 4 rings (SSSR count). The largest absolute Gasteiger partial charge is 0.495 e. The number of ether oxygens (including phenoxy) is 2. The molecule has 2 aromatic rings. The highest BCUT2D eigenvalue weighted by molar-refractivity contribution is 6.31. The third-order valence-corrected chi connectivity index (χ3v) is 6.84. The average Bonchev–Trinajstić information content (AvgIpc) is 2.75. The number of benzene rings is 2. The van der Waals surface area contributed by atoms with E-state index >= 15 is 0 Å². The monoisotopic (exact) mass is 467 g/mol. The van der Waals surface area contributed by atoms with Crippen molar-refractivity contribution in [1.29, 1.82) is 0 Å². The van der Waals surface area contributed by atoms with Gasteiger partial charge in [0.05, 0.1) is 19.4 Å². The number of methoxy groups -OCH3 is 1. The number of hydrogen-bond acceptors (Lipinski definition) is 4. The van der Waals surface area contributed by atoms with Gasteiger partial charge in [0.25, 0.3) is 0 Å². The highest BCUT2D eigenvalue weighted by atomic mass is 35.5. The number of carbonyl (C=O) groups is 2. The molecule has 0 aromatic heterocycles. The highest BCUT2D eigenvalue weighted by Crippen LogP contribution is 2.50. The number of ketones is 1. The van der Waals surface area contributed by atoms with Gasteiger partial charge in [-0.2, -0.15) is 0 Å². The van der Waals surface area contributed by atoms with Gasteiger partial charge in [0.1, 0.15) is 11.5 Å². The Morgan fingerprint density at radius 2 is 1.82 bits per heavy atom. The molecule has 0 N–H and O–H groups in total. The van der Waals surface area contributed by atoms with Gasteiger partial charge in [0, 0.05) is 41.1 Å². The zero-order valence-electron chi connectivity index (χ0n) is 19.8. The predicted molar refractivity (Wildman–Crippen MR) is 130 cm³/mol. The molecule has 33 heavy (non-hydrogen) atoms. The van der Waals surface area contributed by atoms with Gasteiger partial charge in [0.15, 0.2) is 5.78 Å². The molecular weight excluding hydrogens is 438 g/mol. The van der Waals surface area contributed by atoms with E-state index in [1.807, 2.05) is 44.2 Å². The van der Waals surface area contributed by atoms with Crippen molar-refractivity contribution < 1.29 is 19.1 Å². The minimum absolute atomic E-state index is 0.0573. The van der Waals surface area contributed by atoms with Crippen molar-refractivity contribution in [3.8, 4) is 11.5 Å². The van der Waals surface area contributed by atoms with E-state index in [2.05, 4.69) is 13.8 Å². The Bertz CT molecular complexity index is 1130. The van der Waals surface area contributed by atoms with Gasteiger partial charge in [-0.15, -0.1) is 0 Å². The van der Waals surface area contributed by atoms with Crippen LogP contribution in [0.4, 0.5) is 5.69 Å². The van der Waals surface area contributed by atoms with Gasteiger partial charge in [-0.05, 0) is 55.0 Å². The van der Waals surface area contributed by atoms with Gasteiger partial charge < -0.3 is 9.47 Å². The van der Waals surface area contributed by atoms with Crippen LogP contribution < -0.4 is 14.4 Å². The molecule has 0 saturated heterocycles. The van der Waals surface area contributed by atoms with Crippen molar-refractivity contribution in [2.75, 3.05) is 18.6 Å². The van der Waals surface area contributed by atoms with Crippen molar-refractivity contribution in [2.24, 2.45) is 5.41 Å². The molecule has 174 valence electrons. The standard InChI is InChI=1S/C27H30ClNO4/c1-6-33-18-9-7-17(8-10-18)19-12-25(31)29(21-11-16(2)20(28)13-24(21)32-5)22-14-27(3,4)15-23(30)26(19)22/h7-11,13,19H,6,12,14-15H2,1-5H3. The van der Waals surface area contributed by atoms with Crippen LogP contribution in [-0.2, 0) is 9.59 Å². The van der Waals surface area contributed by atoms with Crippen LogP contribution in [0.3, 0.4) is 0 Å². The van der Waals surface area contributed by atoms with E-state index in [-0.39, 0.29) is 29.4 Å². The van der Waals surface area contributed by atoms with E-state index < -0.39 is 0 Å². The van der Waals surface area contributed by atoms with Gasteiger partial charge in [0.2, 0.25) is 5.91 Å². The summed E-state index contributed by atoms with van der Waals surface area (Å²) < 4.78 is 11.2. The predicted octanol–water partition coefficient (Wildman–Crippen LogP) is 6.22. The molecule has 1 atom stereocenters. The number of anilines is 1. The molecule has 0 spiro atoms. The van der Waals surface area contributed by atoms with Crippen molar-refractivity contribution in [3.05, 3.63) is 63.8 Å². The number of allylic oxidation sites excluding steroid dienone is 2. The molecule has 6 heteroatoms. The summed E-state index contributed by atoms with van der Waals surface area (Å²) >= 11 is 6.32. The van der Waals surface area contributed by atoms with Crippen LogP contribution in [0, 0.1) is 12.3 Å². The van der Waals surface area contributed by atoms with Crippen LogP contribution in [-0.4, -0.2) is 25.4 Å². The lowest BCUT2D eigenvalue weighted by atomic mass is 9.69. The molecule has 0 radical (unpaired) electrons. The molecule has 1 aliphatic carbocycles. The lowest BCUT2D eigenvalue weighted by molar-refractivity contribution is -0.121. The Morgan fingerprint density at radius 1 is 1.12 bits per heavy atom. The SMILES string of the molecule is CCOc1ccc(C2CC(=O)N(c3cc(C)c(Cl)cc3OC)C3=C2C(=O)CC(C)(C)C3)cc1. The smallest absolute Gasteiger partial charge is 0.232 e. The van der Waals surface area contributed by atoms with Gasteiger partial charge in [-0.3, -0.25) is 14.5 Å². The summed E-state index contributed by atoms with van der Waals surface area (Å²) in [5.74, 6) is 1.06. The number of amides is 1. The topological polar surface area (TPSA) is 55.8 Å². The first-order chi connectivity index (χ1) is 15.6. The maximum atomic E-state index is 13.7. The second kappa shape index (κ2) is 8.86. The molecule has 1 heterocycles. The van der Waals surface area contributed by atoms with Crippen molar-refractivity contribution in [3.63, 3.8) is 0 Å². The Morgan fingerprint density at radius 3 is 2.45 bits per heavy atom. The van der Waals surface area contributed by atoms with Crippen LogP contribution in [0.5, 0.6) is 11.5 Å². The zero-order valence-corrected chi connectivity index (χ0v) is 20.6. The van der Waals surface area contributed by atoms with Crippen molar-refractivity contribution in [1.82, 2.24) is 0 Å². The maximum absolute atomic E-state index is 13.7. The first-order valence-corrected chi connectivity index (χ1v) is 11.7. The van der Waals surface area contributed by atoms with Crippen LogP contribution in [0.15, 0.2) is 47.7 Å². The molecule has 2 aliphatic rings. The summed E-state index contributed by atoms with van der Waals surface area (Å²) in [6, 6.07) is 11.3. The number of Topliss-reactive ketones (excluding diaryl/α,β-unsaturated/α-hetero) is 1. The molecule has 0 fully saturated rings. The Labute approximate surface area is 200 Å². The normalized spacial score (nSPS) is 20.1. The van der Waals surface area contributed by atoms with Crippen LogP contribution in [0.25, 0.3) is 0 Å². The first-order valence-electron chi connectivity index (χ1n) is 11.3. The zero-order chi connectivity index (χ0) is 23.9. The maximum Gasteiger partial charge on any atom is 0.232 e. The summed E-state index contributed by atoms with van der Waals surface area (Å²) in [7, 11) is 1.56. The summed E-state index contributed by atoms with van der Waals surface area (Å²) in [6.45, 7) is 8.56. The van der Waals surface area contributed by atoms with E-state index in [0.29, 0.717) is 35.9 Å². The second-order valence-electron chi connectivity index (χ2n) is 9.56. The number of aryl methyl sites for hydroxylation is 1. The fourth-order valence-corrected chi connectivity index (χ4v) is 5.08. The molecule has 1 aliphatic heterocycles. The number of hydrogen-bond donors (Lipinski definition) is 0. The summed E-state index contributed by atoms with van der Waals surface area (Å²) in [4.78, 5) is 28.8. The van der Waals surface area contributed by atoms with Crippen molar-refractivity contribution in [2.45, 2.75) is 52.9 Å². The third-order valence-electron chi connectivity index (χ3n) is 6.44. The Kier molecular flexibility index (Phi) is 6.28. The molecule has 2 aromatic carbocycles. The van der Waals surface area contributed by atoms with E-state index in [9.17, 15) is 9.59 Å². The molecule has 5 nitrogen and oxygen atoms in total. The molecular formula is C27H30ClNO4. The minimum atomic E-state index is -0.276. The van der Waals surface area contributed by atoms with E-state index in [4.69, 9.17) is 21.1 Å². The third kappa shape index (κ3) is 4.39. The number of halogens is 1. The molecule has 0 saturated carbocycles. The Balaban J connectivity index is 1.88. The van der Waals surface area contributed by atoms with Crippen LogP contribution in [0.1, 0.15) is 57.1 Å². The van der Waals surface area contributed by atoms with Crippen molar-refractivity contribution >= 4 is 29.0 Å². The van der Waals surface area contributed by atoms with Gasteiger partial charge in [-0.1, -0.05) is 37.6 Å². The number of rotatable bonds is 5. The number of nitrogens with zero attached hydrogens (tertiary/aromatic N) is 1. The highest BCUT2D eigenvalue weighted by Gasteiger charge is 2.45. The fourth-order valence-electron chi connectivity index (χ4n) is 4.93. The summed E-state index contributed by atoms with van der Waals surface area (Å²) in [5, 5.41) is 0.571. The van der Waals surface area contributed by atoms with Crippen LogP contribution in [0.2, 0.25) is 5.02 Å². The average molecular weight is 468 g/mol. The van der Waals surface area contributed by atoms with E-state index in [1.54, 1.807) is 18.1 Å². The minimum Gasteiger partial charge on any atom is -0.495 e. The second-order valence-corrected chi connectivity index (χ2v) is 9.97. The molecule has 1 unspecified atom stereocenters. The molecule has 1 amide bonds. The number of carbonyl (C=O) groups excluding carboxylic acids is 2. The summed E-state index contributed by atoms with van der Waals surface area (Å²) in [5.41, 5.74) is 3.68.